The zero-order chi connectivity index (χ0) is 13.3. The van der Waals surface area contributed by atoms with Gasteiger partial charge >= 0.3 is 16.6 Å². The molecule has 0 heterocycles. The highest BCUT2D eigenvalue weighted by atomic mass is 32.2. The van der Waals surface area contributed by atoms with Gasteiger partial charge in [0.1, 0.15) is 5.75 Å². The van der Waals surface area contributed by atoms with E-state index in [2.05, 4.69) is 11.1 Å². The van der Waals surface area contributed by atoms with Crippen molar-refractivity contribution in [3.05, 3.63) is 29.3 Å². The summed E-state index contributed by atoms with van der Waals surface area (Å²) in [5.74, 6) is 0.527. The van der Waals surface area contributed by atoms with E-state index in [-0.39, 0.29) is 5.75 Å². The summed E-state index contributed by atoms with van der Waals surface area (Å²) in [5, 5.41) is 0. The van der Waals surface area contributed by atoms with Gasteiger partial charge in [0, 0.05) is 0 Å². The van der Waals surface area contributed by atoms with E-state index >= 15 is 0 Å². The van der Waals surface area contributed by atoms with Gasteiger partial charge in [0.05, 0.1) is 0 Å². The molecule has 0 spiro atoms. The van der Waals surface area contributed by atoms with E-state index in [0.29, 0.717) is 5.92 Å². The van der Waals surface area contributed by atoms with Gasteiger partial charge in [0.25, 0.3) is 0 Å². The van der Waals surface area contributed by atoms with Crippen LogP contribution in [0.4, 0.5) is 13.2 Å². The Morgan fingerprint density at radius 1 is 1.33 bits per heavy atom. The molecule has 1 aliphatic rings. The molecule has 100 valence electrons. The van der Waals surface area contributed by atoms with Crippen LogP contribution in [-0.2, 0) is 23.9 Å². The largest absolute Gasteiger partial charge is 0.508 e. The van der Waals surface area contributed by atoms with Crippen LogP contribution in [0.25, 0.3) is 0 Å². The number of hydrogen-bond acceptors (Lipinski definition) is 2. The van der Waals surface area contributed by atoms with E-state index in [0.717, 1.165) is 30.4 Å². The fourth-order valence-corrected chi connectivity index (χ4v) is 2.48. The second-order valence-electron chi connectivity index (χ2n) is 4.54. The van der Waals surface area contributed by atoms with Crippen LogP contribution in [0.5, 0.6) is 5.75 Å². The monoisotopic (exact) mass is 278 g/mol. The smallest absolute Gasteiger partial charge is 0.394 e. The van der Waals surface area contributed by atoms with Crippen molar-refractivity contribution in [1.29, 1.82) is 0 Å². The van der Waals surface area contributed by atoms with Crippen molar-refractivity contribution in [3.63, 3.8) is 0 Å². The van der Waals surface area contributed by atoms with E-state index in [9.17, 15) is 17.4 Å². The zero-order valence-corrected chi connectivity index (χ0v) is 10.6. The van der Waals surface area contributed by atoms with Gasteiger partial charge in [0.15, 0.2) is 0 Å². The van der Waals surface area contributed by atoms with E-state index in [1.807, 2.05) is 0 Å². The van der Waals surface area contributed by atoms with Crippen molar-refractivity contribution in [2.45, 2.75) is 31.7 Å². The van der Waals surface area contributed by atoms with Gasteiger partial charge in [-0.05, 0) is 48.4 Å². The first-order chi connectivity index (χ1) is 8.36. The molecular formula is C12H13F3O2S. The Bertz CT molecular complexity index is 471. The van der Waals surface area contributed by atoms with Crippen molar-refractivity contribution in [2.24, 2.45) is 5.92 Å². The number of alkyl halides is 3. The van der Waals surface area contributed by atoms with E-state index in [1.165, 1.54) is 6.07 Å². The van der Waals surface area contributed by atoms with Gasteiger partial charge in [-0.25, -0.2) is 4.21 Å². The maximum absolute atomic E-state index is 12.1. The molecule has 0 amide bonds. The average Bonchev–Trinajstić information content (AvgIpc) is 2.27. The summed E-state index contributed by atoms with van der Waals surface area (Å²) in [6.45, 7) is 2.10. The van der Waals surface area contributed by atoms with Crippen molar-refractivity contribution in [3.8, 4) is 5.75 Å². The molecule has 2 nitrogen and oxygen atoms in total. The van der Waals surface area contributed by atoms with Gasteiger partial charge < -0.3 is 4.18 Å². The Balaban J connectivity index is 2.16. The van der Waals surface area contributed by atoms with Gasteiger partial charge in [-0.3, -0.25) is 0 Å². The fraction of sp³-hybridized carbons (Fsp3) is 0.500. The first kappa shape index (κ1) is 13.4. The number of rotatable bonds is 2. The van der Waals surface area contributed by atoms with E-state index in [1.54, 1.807) is 12.1 Å². The molecule has 2 atom stereocenters. The Labute approximate surface area is 106 Å². The summed E-state index contributed by atoms with van der Waals surface area (Å²) in [4.78, 5) is 0. The minimum Gasteiger partial charge on any atom is -0.394 e. The number of aryl methyl sites for hydroxylation is 1. The summed E-state index contributed by atoms with van der Waals surface area (Å²) < 4.78 is 51.6. The van der Waals surface area contributed by atoms with Crippen LogP contribution in [0.2, 0.25) is 0 Å². The quantitative estimate of drug-likeness (QED) is 0.829. The third-order valence-corrected chi connectivity index (χ3v) is 3.74. The highest BCUT2D eigenvalue weighted by Gasteiger charge is 2.40. The lowest BCUT2D eigenvalue weighted by molar-refractivity contribution is -0.0437. The van der Waals surface area contributed by atoms with Crippen LogP contribution in [0.3, 0.4) is 0 Å². The lowest BCUT2D eigenvalue weighted by Crippen LogP contribution is -2.21. The van der Waals surface area contributed by atoms with Crippen LogP contribution in [0, 0.1) is 5.92 Å². The van der Waals surface area contributed by atoms with Crippen LogP contribution >= 0.6 is 0 Å². The summed E-state index contributed by atoms with van der Waals surface area (Å²) in [7, 11) is 0. The molecule has 0 saturated carbocycles. The molecule has 0 aromatic heterocycles. The average molecular weight is 278 g/mol. The third-order valence-electron chi connectivity index (χ3n) is 3.01. The standard InChI is InChI=1S/C12H13F3O2S/c1-8-2-3-9-4-5-11(7-10(9)6-8)17-18(16)12(13,14)15/h4-5,7-8H,2-3,6H2,1H3. The molecule has 0 aliphatic heterocycles. The van der Waals surface area contributed by atoms with Crippen molar-refractivity contribution < 1.29 is 21.6 Å². The highest BCUT2D eigenvalue weighted by Crippen LogP contribution is 2.30. The molecule has 0 radical (unpaired) electrons. The molecule has 0 N–H and O–H groups in total. The second-order valence-corrected chi connectivity index (χ2v) is 5.64. The molecule has 1 aromatic rings. The van der Waals surface area contributed by atoms with E-state index in [4.69, 9.17) is 0 Å². The molecule has 2 unspecified atom stereocenters. The van der Waals surface area contributed by atoms with Crippen molar-refractivity contribution in [2.75, 3.05) is 0 Å². The molecule has 0 saturated heterocycles. The first-order valence-corrected chi connectivity index (χ1v) is 6.72. The molecule has 1 aromatic carbocycles. The predicted octanol–water partition coefficient (Wildman–Crippen LogP) is 3.37. The fourth-order valence-electron chi connectivity index (χ4n) is 2.10. The normalized spacial score (nSPS) is 21.2. The lowest BCUT2D eigenvalue weighted by Gasteiger charge is -2.21. The Morgan fingerprint density at radius 2 is 2.06 bits per heavy atom. The summed E-state index contributed by atoms with van der Waals surface area (Å²) in [5.41, 5.74) is -2.72. The number of fused-ring (bicyclic) bond motifs is 1. The molecule has 0 bridgehead atoms. The molecule has 6 heteroatoms. The maximum atomic E-state index is 12.1. The highest BCUT2D eigenvalue weighted by molar-refractivity contribution is 7.81. The van der Waals surface area contributed by atoms with Crippen LogP contribution in [0.15, 0.2) is 18.2 Å². The summed E-state index contributed by atoms with van der Waals surface area (Å²) >= 11 is -3.30. The molecule has 1 aliphatic carbocycles. The predicted molar refractivity (Wildman–Crippen MR) is 62.5 cm³/mol. The second kappa shape index (κ2) is 4.91. The molecular weight excluding hydrogens is 265 g/mol. The summed E-state index contributed by atoms with van der Waals surface area (Å²) in [6, 6.07) is 4.76. The minimum atomic E-state index is -4.84. The number of hydrogen-bond donors (Lipinski definition) is 0. The molecule has 0 fully saturated rings. The Kier molecular flexibility index (Phi) is 3.66. The molecule has 18 heavy (non-hydrogen) atoms. The SMILES string of the molecule is CC1CCc2ccc(OS(=O)C(F)(F)F)cc2C1. The summed E-state index contributed by atoms with van der Waals surface area (Å²) in [6.07, 6.45) is 2.84. The maximum Gasteiger partial charge on any atom is 0.508 e. The van der Waals surface area contributed by atoms with Gasteiger partial charge in [0.2, 0.25) is 0 Å². The van der Waals surface area contributed by atoms with Gasteiger partial charge in [-0.2, -0.15) is 13.2 Å². The third kappa shape index (κ3) is 3.04. The number of halogens is 3. The Morgan fingerprint density at radius 3 is 2.72 bits per heavy atom. The van der Waals surface area contributed by atoms with Crippen LogP contribution < -0.4 is 4.18 Å². The van der Waals surface area contributed by atoms with Crippen molar-refractivity contribution >= 4 is 11.1 Å². The van der Waals surface area contributed by atoms with E-state index < -0.39 is 16.6 Å². The van der Waals surface area contributed by atoms with Crippen LogP contribution in [-0.4, -0.2) is 9.72 Å². The van der Waals surface area contributed by atoms with Crippen molar-refractivity contribution in [1.82, 2.24) is 0 Å². The first-order valence-electron chi connectivity index (χ1n) is 5.65. The Hall–Kier alpha value is -1.04. The van der Waals surface area contributed by atoms with Crippen LogP contribution in [0.1, 0.15) is 24.5 Å². The number of benzene rings is 1. The van der Waals surface area contributed by atoms with Gasteiger partial charge in [-0.15, -0.1) is 0 Å². The topological polar surface area (TPSA) is 26.3 Å². The minimum absolute atomic E-state index is 0.0125. The molecule has 2 rings (SSSR count). The lowest BCUT2D eigenvalue weighted by atomic mass is 9.85. The van der Waals surface area contributed by atoms with Gasteiger partial charge in [-0.1, -0.05) is 13.0 Å². The zero-order valence-electron chi connectivity index (χ0n) is 9.79.